The molecule has 0 bridgehead atoms. The lowest BCUT2D eigenvalue weighted by Gasteiger charge is -2.24. The van der Waals surface area contributed by atoms with Crippen molar-refractivity contribution in [3.8, 4) is 0 Å². The fourth-order valence-electron chi connectivity index (χ4n) is 2.33. The van der Waals surface area contributed by atoms with Gasteiger partial charge in [0, 0.05) is 24.7 Å². The van der Waals surface area contributed by atoms with Gasteiger partial charge in [0.05, 0.1) is 17.3 Å². The first-order valence-electron chi connectivity index (χ1n) is 5.34. The Bertz CT molecular complexity index is 418. The maximum atomic E-state index is 11.7. The Morgan fingerprint density at radius 2 is 2.13 bits per heavy atom. The van der Waals surface area contributed by atoms with E-state index in [1.165, 1.54) is 5.69 Å². The zero-order valence-electron chi connectivity index (χ0n) is 8.49. The van der Waals surface area contributed by atoms with Crippen molar-refractivity contribution in [3.63, 3.8) is 0 Å². The van der Waals surface area contributed by atoms with E-state index in [9.17, 15) is 4.79 Å². The van der Waals surface area contributed by atoms with E-state index in [0.29, 0.717) is 6.04 Å². The quantitative estimate of drug-likeness (QED) is 0.784. The van der Waals surface area contributed by atoms with Crippen molar-refractivity contribution in [2.45, 2.75) is 30.4 Å². The number of hydrogen-bond acceptors (Lipinski definition) is 3. The van der Waals surface area contributed by atoms with Crippen LogP contribution in [0.4, 0.5) is 0 Å². The van der Waals surface area contributed by atoms with Gasteiger partial charge in [-0.2, -0.15) is 11.8 Å². The second-order valence-electron chi connectivity index (χ2n) is 4.07. The molecule has 15 heavy (non-hydrogen) atoms. The highest BCUT2D eigenvalue weighted by molar-refractivity contribution is 7.98. The number of rotatable bonds is 1. The number of aromatic amines is 1. The van der Waals surface area contributed by atoms with Crippen molar-refractivity contribution in [2.75, 3.05) is 13.2 Å². The number of H-pyrrole nitrogens is 1. The van der Waals surface area contributed by atoms with Gasteiger partial charge in [0.25, 0.3) is 5.56 Å². The van der Waals surface area contributed by atoms with E-state index in [1.807, 2.05) is 11.8 Å². The third kappa shape index (κ3) is 1.54. The average molecular weight is 226 g/mol. The monoisotopic (exact) mass is 226 g/mol. The van der Waals surface area contributed by atoms with Crippen LogP contribution in [0.1, 0.15) is 30.1 Å². The van der Waals surface area contributed by atoms with Crippen LogP contribution >= 0.6 is 11.8 Å². The Hall–Kier alpha value is -0.680. The van der Waals surface area contributed by atoms with Gasteiger partial charge in [-0.15, -0.1) is 0 Å². The summed E-state index contributed by atoms with van der Waals surface area (Å²) < 4.78 is 7.43. The zero-order chi connectivity index (χ0) is 10.3. The van der Waals surface area contributed by atoms with Crippen LogP contribution in [-0.4, -0.2) is 23.0 Å². The highest BCUT2D eigenvalue weighted by Crippen LogP contribution is 2.31. The minimum atomic E-state index is 0.112. The van der Waals surface area contributed by atoms with Crippen molar-refractivity contribution >= 4 is 11.8 Å². The summed E-state index contributed by atoms with van der Waals surface area (Å²) in [6, 6.07) is 0.439. The molecule has 0 saturated carbocycles. The molecular formula is C10H14N2O2S. The molecule has 1 N–H and O–H groups in total. The summed E-state index contributed by atoms with van der Waals surface area (Å²) in [4.78, 5) is 11.7. The minimum absolute atomic E-state index is 0.112. The van der Waals surface area contributed by atoms with Crippen LogP contribution < -0.4 is 5.56 Å². The van der Waals surface area contributed by atoms with Crippen LogP contribution in [0.2, 0.25) is 0 Å². The molecule has 2 aliphatic rings. The Morgan fingerprint density at radius 3 is 2.93 bits per heavy atom. The molecule has 0 unspecified atom stereocenters. The molecule has 0 spiro atoms. The second-order valence-corrected chi connectivity index (χ2v) is 5.06. The van der Waals surface area contributed by atoms with Crippen molar-refractivity contribution in [1.29, 1.82) is 0 Å². The molecule has 82 valence electrons. The molecule has 3 heterocycles. The minimum Gasteiger partial charge on any atom is -0.381 e. The van der Waals surface area contributed by atoms with Gasteiger partial charge in [-0.05, 0) is 12.8 Å². The molecule has 1 fully saturated rings. The van der Waals surface area contributed by atoms with Crippen LogP contribution in [0.25, 0.3) is 0 Å². The van der Waals surface area contributed by atoms with Crippen LogP contribution in [-0.2, 0) is 16.2 Å². The fraction of sp³-hybridized carbons (Fsp3) is 0.700. The van der Waals surface area contributed by atoms with Crippen LogP contribution in [0.5, 0.6) is 0 Å². The normalized spacial score (nSPS) is 21.9. The van der Waals surface area contributed by atoms with E-state index >= 15 is 0 Å². The Labute approximate surface area is 92.0 Å². The van der Waals surface area contributed by atoms with Gasteiger partial charge in [0.1, 0.15) is 0 Å². The maximum absolute atomic E-state index is 11.7. The molecule has 0 amide bonds. The smallest absolute Gasteiger partial charge is 0.268 e. The van der Waals surface area contributed by atoms with Crippen LogP contribution in [0.15, 0.2) is 4.79 Å². The third-order valence-corrected chi connectivity index (χ3v) is 4.15. The largest absolute Gasteiger partial charge is 0.381 e. The fourth-order valence-corrected chi connectivity index (χ4v) is 3.44. The Kier molecular flexibility index (Phi) is 2.36. The van der Waals surface area contributed by atoms with E-state index in [2.05, 4.69) is 9.78 Å². The van der Waals surface area contributed by atoms with Gasteiger partial charge in [0.2, 0.25) is 0 Å². The molecule has 3 rings (SSSR count). The first kappa shape index (κ1) is 9.54. The summed E-state index contributed by atoms with van der Waals surface area (Å²) in [6.45, 7) is 1.62. The van der Waals surface area contributed by atoms with Gasteiger partial charge in [-0.25, -0.2) is 0 Å². The van der Waals surface area contributed by atoms with Gasteiger partial charge < -0.3 is 4.74 Å². The number of fused-ring (bicyclic) bond motifs is 1. The molecular weight excluding hydrogens is 212 g/mol. The first-order valence-corrected chi connectivity index (χ1v) is 6.49. The Morgan fingerprint density at radius 1 is 1.33 bits per heavy atom. The van der Waals surface area contributed by atoms with Gasteiger partial charge in [0.15, 0.2) is 0 Å². The number of ether oxygens (including phenoxy) is 1. The van der Waals surface area contributed by atoms with Crippen molar-refractivity contribution in [1.82, 2.24) is 9.78 Å². The van der Waals surface area contributed by atoms with Gasteiger partial charge in [-0.1, -0.05) is 0 Å². The van der Waals surface area contributed by atoms with Gasteiger partial charge >= 0.3 is 0 Å². The molecule has 1 aromatic rings. The van der Waals surface area contributed by atoms with Crippen LogP contribution in [0, 0.1) is 0 Å². The van der Waals surface area contributed by atoms with Crippen molar-refractivity contribution < 1.29 is 4.74 Å². The lowest BCUT2D eigenvalue weighted by atomic mass is 10.1. The molecule has 1 aromatic heterocycles. The number of nitrogens with zero attached hydrogens (tertiary/aromatic N) is 1. The lowest BCUT2D eigenvalue weighted by Crippen LogP contribution is -2.22. The third-order valence-electron chi connectivity index (χ3n) is 3.18. The molecule has 0 radical (unpaired) electrons. The number of hydrogen-bond donors (Lipinski definition) is 1. The predicted molar refractivity (Wildman–Crippen MR) is 59.1 cm³/mol. The summed E-state index contributed by atoms with van der Waals surface area (Å²) >= 11 is 1.83. The van der Waals surface area contributed by atoms with Crippen molar-refractivity contribution in [3.05, 3.63) is 21.6 Å². The molecule has 0 aromatic carbocycles. The highest BCUT2D eigenvalue weighted by Gasteiger charge is 2.25. The van der Waals surface area contributed by atoms with Crippen molar-refractivity contribution in [2.24, 2.45) is 0 Å². The Balaban J connectivity index is 1.97. The van der Waals surface area contributed by atoms with E-state index in [4.69, 9.17) is 4.74 Å². The summed E-state index contributed by atoms with van der Waals surface area (Å²) in [6.07, 6.45) is 2.03. The van der Waals surface area contributed by atoms with Gasteiger partial charge in [-0.3, -0.25) is 14.6 Å². The zero-order valence-corrected chi connectivity index (χ0v) is 9.31. The average Bonchev–Trinajstić information content (AvgIpc) is 2.84. The standard InChI is InChI=1S/C10H14N2O2S/c13-10-8-5-15-6-9(8)12(11-10)7-1-3-14-4-2-7/h7H,1-6H2,(H,11,13). The van der Waals surface area contributed by atoms with E-state index in [0.717, 1.165) is 43.1 Å². The maximum Gasteiger partial charge on any atom is 0.268 e. The van der Waals surface area contributed by atoms with E-state index in [1.54, 1.807) is 0 Å². The molecule has 0 aliphatic carbocycles. The molecule has 2 aliphatic heterocycles. The first-order chi connectivity index (χ1) is 7.36. The molecule has 5 heteroatoms. The summed E-state index contributed by atoms with van der Waals surface area (Å²) in [5.41, 5.74) is 2.32. The highest BCUT2D eigenvalue weighted by atomic mass is 32.2. The molecule has 0 atom stereocenters. The van der Waals surface area contributed by atoms with E-state index in [-0.39, 0.29) is 5.56 Å². The predicted octanol–water partition coefficient (Wildman–Crippen LogP) is 1.27. The molecule has 4 nitrogen and oxygen atoms in total. The molecule has 1 saturated heterocycles. The van der Waals surface area contributed by atoms with E-state index < -0.39 is 0 Å². The SMILES string of the molecule is O=c1[nH]n(C2CCOCC2)c2c1CSC2. The second kappa shape index (κ2) is 3.72. The summed E-state index contributed by atoms with van der Waals surface area (Å²) in [7, 11) is 0. The van der Waals surface area contributed by atoms with Crippen LogP contribution in [0.3, 0.4) is 0 Å². The number of thioether (sulfide) groups is 1. The summed E-state index contributed by atoms with van der Waals surface area (Å²) in [5, 5.41) is 2.98. The topological polar surface area (TPSA) is 47.0 Å². The summed E-state index contributed by atoms with van der Waals surface area (Å²) in [5.74, 6) is 1.85. The lowest BCUT2D eigenvalue weighted by molar-refractivity contribution is 0.0655. The number of aromatic nitrogens is 2. The number of nitrogens with one attached hydrogen (secondary N) is 1.